The van der Waals surface area contributed by atoms with Crippen LogP contribution in [0.4, 0.5) is 4.79 Å². The number of carbonyl (C=O) groups is 4. The maximum Gasteiger partial charge on any atom is 0.324 e. The fourth-order valence-corrected chi connectivity index (χ4v) is 5.53. The topological polar surface area (TPSA) is 120 Å². The number of carbonyl (C=O) groups excluding carboxylic acids is 4. The highest BCUT2D eigenvalue weighted by Crippen LogP contribution is 2.46. The molecule has 0 unspecified atom stereocenters. The van der Waals surface area contributed by atoms with Crippen LogP contribution in [0.15, 0.2) is 30.5 Å². The lowest BCUT2D eigenvalue weighted by molar-refractivity contribution is -0.138. The number of aryl methyl sites for hydroxylation is 2. The number of nitrogens with one attached hydrogen (secondary N) is 1. The van der Waals surface area contributed by atoms with Gasteiger partial charge in [0, 0.05) is 37.7 Å². The SMILES string of the molecule is CC#Cc1cc(C)c(C2C(=O)CC3(CCN(C(=O)NC(=O)c4ccc(C#N)cn4)CC3)CC2=O)c(C)c1. The van der Waals surface area contributed by atoms with Crippen LogP contribution < -0.4 is 5.32 Å². The number of nitrogens with zero attached hydrogens (tertiary/aromatic N) is 3. The van der Waals surface area contributed by atoms with Crippen LogP contribution in [0.3, 0.4) is 0 Å². The summed E-state index contributed by atoms with van der Waals surface area (Å²) < 4.78 is 0. The summed E-state index contributed by atoms with van der Waals surface area (Å²) in [6, 6.07) is 8.07. The lowest BCUT2D eigenvalue weighted by atomic mass is 9.62. The average Bonchev–Trinajstić information content (AvgIpc) is 2.86. The number of nitriles is 1. The molecule has 0 bridgehead atoms. The number of pyridine rings is 1. The average molecular weight is 497 g/mol. The molecule has 2 heterocycles. The van der Waals surface area contributed by atoms with E-state index in [2.05, 4.69) is 22.1 Å². The summed E-state index contributed by atoms with van der Waals surface area (Å²) in [5, 5.41) is 11.2. The number of urea groups is 1. The van der Waals surface area contributed by atoms with E-state index < -0.39 is 23.3 Å². The van der Waals surface area contributed by atoms with E-state index in [1.807, 2.05) is 32.0 Å². The lowest BCUT2D eigenvalue weighted by Gasteiger charge is -2.44. The molecule has 2 aliphatic rings. The van der Waals surface area contributed by atoms with Crippen LogP contribution in [0.25, 0.3) is 0 Å². The first-order valence-corrected chi connectivity index (χ1v) is 12.2. The van der Waals surface area contributed by atoms with Gasteiger partial charge >= 0.3 is 6.03 Å². The van der Waals surface area contributed by atoms with Crippen molar-refractivity contribution < 1.29 is 19.2 Å². The molecule has 0 radical (unpaired) electrons. The minimum absolute atomic E-state index is 0.0377. The van der Waals surface area contributed by atoms with Crippen LogP contribution >= 0.6 is 0 Å². The number of benzene rings is 1. The molecule has 1 aromatic heterocycles. The quantitative estimate of drug-likeness (QED) is 0.501. The van der Waals surface area contributed by atoms with E-state index in [0.717, 1.165) is 22.3 Å². The number of imide groups is 1. The Balaban J connectivity index is 1.40. The second-order valence-electron chi connectivity index (χ2n) is 9.91. The minimum atomic E-state index is -0.756. The van der Waals surface area contributed by atoms with Crippen molar-refractivity contribution in [1.29, 1.82) is 5.26 Å². The van der Waals surface area contributed by atoms with E-state index in [-0.39, 0.29) is 17.3 Å². The van der Waals surface area contributed by atoms with Gasteiger partial charge in [-0.3, -0.25) is 19.7 Å². The number of ketones is 2. The van der Waals surface area contributed by atoms with E-state index in [0.29, 0.717) is 44.3 Å². The number of hydrogen-bond acceptors (Lipinski definition) is 6. The van der Waals surface area contributed by atoms with Gasteiger partial charge in [-0.05, 0) is 80.0 Å². The van der Waals surface area contributed by atoms with Crippen LogP contribution in [0.2, 0.25) is 0 Å². The summed E-state index contributed by atoms with van der Waals surface area (Å²) in [6.07, 6.45) is 2.88. The molecule has 1 aliphatic heterocycles. The van der Waals surface area contributed by atoms with Gasteiger partial charge in [0.25, 0.3) is 5.91 Å². The Morgan fingerprint density at radius 1 is 1.05 bits per heavy atom. The van der Waals surface area contributed by atoms with Crippen molar-refractivity contribution in [2.24, 2.45) is 5.41 Å². The molecule has 8 heteroatoms. The molecular formula is C29H28N4O4. The third-order valence-electron chi connectivity index (χ3n) is 7.35. The predicted molar refractivity (Wildman–Crippen MR) is 136 cm³/mol. The van der Waals surface area contributed by atoms with Crippen molar-refractivity contribution in [3.8, 4) is 17.9 Å². The van der Waals surface area contributed by atoms with Crippen molar-refractivity contribution in [3.63, 3.8) is 0 Å². The van der Waals surface area contributed by atoms with Crippen molar-refractivity contribution in [1.82, 2.24) is 15.2 Å². The van der Waals surface area contributed by atoms with E-state index >= 15 is 0 Å². The maximum atomic E-state index is 13.3. The van der Waals surface area contributed by atoms with Crippen LogP contribution in [0.5, 0.6) is 0 Å². The summed E-state index contributed by atoms with van der Waals surface area (Å²) in [5.41, 5.74) is 3.34. The normalized spacial score (nSPS) is 17.1. The third-order valence-corrected chi connectivity index (χ3v) is 7.35. The van der Waals surface area contributed by atoms with Crippen molar-refractivity contribution >= 4 is 23.5 Å². The molecule has 1 aromatic carbocycles. The van der Waals surface area contributed by atoms with Gasteiger partial charge in [0.2, 0.25) is 0 Å². The van der Waals surface area contributed by atoms with Crippen molar-refractivity contribution in [3.05, 3.63) is 64.0 Å². The molecule has 1 saturated carbocycles. The van der Waals surface area contributed by atoms with Gasteiger partial charge in [-0.15, -0.1) is 5.92 Å². The summed E-state index contributed by atoms with van der Waals surface area (Å²) in [6.45, 7) is 6.28. The molecule has 1 saturated heterocycles. The molecule has 1 spiro atoms. The Morgan fingerprint density at radius 2 is 1.68 bits per heavy atom. The first kappa shape index (κ1) is 25.8. The van der Waals surface area contributed by atoms with E-state index in [1.54, 1.807) is 6.92 Å². The molecule has 3 amide bonds. The second-order valence-corrected chi connectivity index (χ2v) is 9.91. The molecule has 188 valence electrons. The predicted octanol–water partition coefficient (Wildman–Crippen LogP) is 3.59. The summed E-state index contributed by atoms with van der Waals surface area (Å²) in [5.74, 6) is 4.36. The smallest absolute Gasteiger partial charge is 0.324 e. The van der Waals surface area contributed by atoms with Crippen LogP contribution in [0.1, 0.15) is 76.8 Å². The van der Waals surface area contributed by atoms with E-state index in [9.17, 15) is 19.2 Å². The fourth-order valence-electron chi connectivity index (χ4n) is 5.53. The Morgan fingerprint density at radius 3 is 2.19 bits per heavy atom. The Bertz CT molecular complexity index is 1340. The zero-order valence-corrected chi connectivity index (χ0v) is 21.2. The molecule has 2 fully saturated rings. The standard InChI is InChI=1S/C29H28N4O4/c1-4-5-20-12-18(2)25(19(3)13-20)26-23(34)14-29(15-24(26)35)8-10-33(11-9-29)28(37)32-27(36)22-7-6-21(16-30)17-31-22/h6-7,12-13,17,26H,8-11,14-15H2,1-3H3,(H,32,36,37). The monoisotopic (exact) mass is 496 g/mol. The number of Topliss-reactive ketones (excluding diaryl/α,β-unsaturated/α-hetero) is 2. The molecule has 1 N–H and O–H groups in total. The molecule has 0 atom stereocenters. The highest BCUT2D eigenvalue weighted by molar-refractivity contribution is 6.10. The van der Waals surface area contributed by atoms with Crippen molar-refractivity contribution in [2.45, 2.75) is 52.4 Å². The summed E-state index contributed by atoms with van der Waals surface area (Å²) in [4.78, 5) is 57.1. The zero-order chi connectivity index (χ0) is 26.7. The first-order valence-electron chi connectivity index (χ1n) is 12.2. The van der Waals surface area contributed by atoms with Crippen LogP contribution in [-0.2, 0) is 9.59 Å². The van der Waals surface area contributed by atoms with Crippen LogP contribution in [-0.4, -0.2) is 46.5 Å². The maximum absolute atomic E-state index is 13.3. The molecule has 2 aromatic rings. The van der Waals surface area contributed by atoms with Crippen LogP contribution in [0, 0.1) is 42.4 Å². The summed E-state index contributed by atoms with van der Waals surface area (Å²) in [7, 11) is 0. The number of rotatable bonds is 2. The van der Waals surface area contributed by atoms with E-state index in [1.165, 1.54) is 23.2 Å². The lowest BCUT2D eigenvalue weighted by Crippen LogP contribution is -2.51. The third kappa shape index (κ3) is 5.29. The molecular weight excluding hydrogens is 468 g/mol. The zero-order valence-electron chi connectivity index (χ0n) is 21.2. The number of piperidine rings is 1. The molecule has 8 nitrogen and oxygen atoms in total. The van der Waals surface area contributed by atoms with Gasteiger partial charge in [0.1, 0.15) is 29.2 Å². The van der Waals surface area contributed by atoms with Gasteiger partial charge in [-0.1, -0.05) is 5.92 Å². The number of hydrogen-bond donors (Lipinski definition) is 1. The molecule has 1 aliphatic carbocycles. The largest absolute Gasteiger partial charge is 0.324 e. The van der Waals surface area contributed by atoms with Gasteiger partial charge in [0.05, 0.1) is 5.56 Å². The highest BCUT2D eigenvalue weighted by atomic mass is 16.2. The number of aromatic nitrogens is 1. The van der Waals surface area contributed by atoms with Gasteiger partial charge in [0.15, 0.2) is 0 Å². The minimum Gasteiger partial charge on any atom is -0.324 e. The number of amides is 3. The molecule has 37 heavy (non-hydrogen) atoms. The second kappa shape index (κ2) is 10.4. The first-order chi connectivity index (χ1) is 17.7. The molecule has 4 rings (SSSR count). The van der Waals surface area contributed by atoms with Gasteiger partial charge in [-0.2, -0.15) is 5.26 Å². The summed E-state index contributed by atoms with van der Waals surface area (Å²) >= 11 is 0. The van der Waals surface area contributed by atoms with Gasteiger partial charge < -0.3 is 4.90 Å². The highest BCUT2D eigenvalue weighted by Gasteiger charge is 2.47. The Kier molecular flexibility index (Phi) is 7.22. The van der Waals surface area contributed by atoms with Crippen molar-refractivity contribution in [2.75, 3.05) is 13.1 Å². The number of likely N-dealkylation sites (tertiary alicyclic amines) is 1. The van der Waals surface area contributed by atoms with E-state index in [4.69, 9.17) is 5.26 Å². The van der Waals surface area contributed by atoms with Gasteiger partial charge in [-0.25, -0.2) is 9.78 Å². The fraction of sp³-hybridized carbons (Fsp3) is 0.379. The Labute approximate surface area is 216 Å². The Hall–Kier alpha value is -4.30.